The summed E-state index contributed by atoms with van der Waals surface area (Å²) in [4.78, 5) is 23.3. The largest absolute Gasteiger partial charge is 0.489 e. The lowest BCUT2D eigenvalue weighted by atomic mass is 10.0. The van der Waals surface area contributed by atoms with E-state index in [2.05, 4.69) is 5.32 Å². The highest BCUT2D eigenvalue weighted by Gasteiger charge is 2.26. The van der Waals surface area contributed by atoms with Crippen LogP contribution in [0.5, 0.6) is 5.75 Å². The second-order valence-corrected chi connectivity index (χ2v) is 9.47. The van der Waals surface area contributed by atoms with E-state index in [-0.39, 0.29) is 12.3 Å². The summed E-state index contributed by atoms with van der Waals surface area (Å²) in [5, 5.41) is 25.6. The molecule has 0 aliphatic heterocycles. The highest BCUT2D eigenvalue weighted by molar-refractivity contribution is 7.17. The number of hydrogen-bond acceptors (Lipinski definition) is 5. The molecule has 8 heteroatoms. The van der Waals surface area contributed by atoms with E-state index in [1.807, 2.05) is 49.6 Å². The van der Waals surface area contributed by atoms with Crippen molar-refractivity contribution in [3.05, 3.63) is 64.0 Å². The van der Waals surface area contributed by atoms with E-state index in [1.54, 1.807) is 23.5 Å². The Kier molecular flexibility index (Phi) is 8.12. The monoisotopic (exact) mass is 475 g/mol. The van der Waals surface area contributed by atoms with Crippen LogP contribution >= 0.6 is 22.9 Å². The summed E-state index contributed by atoms with van der Waals surface area (Å²) in [7, 11) is 0. The molecule has 2 unspecified atom stereocenters. The molecule has 0 bridgehead atoms. The number of carboxylic acid groups (broad SMARTS) is 2. The molecule has 0 radical (unpaired) electrons. The molecule has 0 amide bonds. The lowest BCUT2D eigenvalue weighted by molar-refractivity contribution is -0.142. The van der Waals surface area contributed by atoms with Crippen molar-refractivity contribution >= 4 is 45.0 Å². The minimum absolute atomic E-state index is 0.123. The first-order valence-corrected chi connectivity index (χ1v) is 11.6. The number of carboxylic acids is 2. The standard InChI is InChI=1S/C24H26ClNO5S/c1-14(2)8-20(23(27)28)26-21(24(29)30)10-15-4-3-5-18(9-15)31-12-16-13-32-22-7-6-17(25)11-19(16)22/h3-7,9,11,13-14,20-21,26H,8,10,12H2,1-2H3,(H,27,28)(H,29,30). The van der Waals surface area contributed by atoms with Crippen LogP contribution in [0.15, 0.2) is 47.8 Å². The van der Waals surface area contributed by atoms with Crippen LogP contribution in [0, 0.1) is 5.92 Å². The zero-order valence-corrected chi connectivity index (χ0v) is 19.4. The summed E-state index contributed by atoms with van der Waals surface area (Å²) in [6.07, 6.45) is 0.492. The molecule has 0 saturated carbocycles. The molecule has 1 aromatic heterocycles. The third kappa shape index (κ3) is 6.45. The van der Waals surface area contributed by atoms with E-state index in [1.165, 1.54) is 0 Å². The predicted octanol–water partition coefficient (Wildman–Crippen LogP) is 5.22. The van der Waals surface area contributed by atoms with Crippen molar-refractivity contribution in [1.29, 1.82) is 0 Å². The van der Waals surface area contributed by atoms with E-state index in [0.717, 1.165) is 21.2 Å². The van der Waals surface area contributed by atoms with E-state index in [9.17, 15) is 19.8 Å². The molecular weight excluding hydrogens is 450 g/mol. The van der Waals surface area contributed by atoms with Crippen molar-refractivity contribution in [3.8, 4) is 5.75 Å². The Morgan fingerprint density at radius 1 is 1.09 bits per heavy atom. The molecule has 3 aromatic rings. The van der Waals surface area contributed by atoms with Crippen molar-refractivity contribution < 1.29 is 24.5 Å². The number of aliphatic carboxylic acids is 2. The van der Waals surface area contributed by atoms with Gasteiger partial charge in [0.15, 0.2) is 0 Å². The van der Waals surface area contributed by atoms with Crippen molar-refractivity contribution in [2.24, 2.45) is 5.92 Å². The quantitative estimate of drug-likeness (QED) is 0.352. The zero-order valence-electron chi connectivity index (χ0n) is 17.9. The van der Waals surface area contributed by atoms with Gasteiger partial charge in [-0.1, -0.05) is 37.6 Å². The highest BCUT2D eigenvalue weighted by atomic mass is 35.5. The first-order valence-electron chi connectivity index (χ1n) is 10.3. The zero-order chi connectivity index (χ0) is 23.3. The van der Waals surface area contributed by atoms with Gasteiger partial charge in [0, 0.05) is 20.7 Å². The van der Waals surface area contributed by atoms with Crippen LogP contribution in [0.25, 0.3) is 10.1 Å². The van der Waals surface area contributed by atoms with Gasteiger partial charge in [-0.25, -0.2) is 0 Å². The molecule has 2 atom stereocenters. The number of nitrogens with one attached hydrogen (secondary N) is 1. The van der Waals surface area contributed by atoms with Gasteiger partial charge in [-0.15, -0.1) is 11.3 Å². The van der Waals surface area contributed by atoms with Crippen LogP contribution in [-0.4, -0.2) is 34.2 Å². The molecule has 0 aliphatic rings. The maximum Gasteiger partial charge on any atom is 0.321 e. The summed E-state index contributed by atoms with van der Waals surface area (Å²) < 4.78 is 7.09. The third-order valence-electron chi connectivity index (χ3n) is 5.05. The fourth-order valence-electron chi connectivity index (χ4n) is 3.50. The van der Waals surface area contributed by atoms with Crippen LogP contribution in [0.3, 0.4) is 0 Å². The normalized spacial score (nSPS) is 13.2. The van der Waals surface area contributed by atoms with Crippen LogP contribution in [0.4, 0.5) is 0 Å². The average Bonchev–Trinajstić information content (AvgIpc) is 3.13. The summed E-state index contributed by atoms with van der Waals surface area (Å²) >= 11 is 7.74. The molecule has 3 N–H and O–H groups in total. The van der Waals surface area contributed by atoms with Gasteiger partial charge >= 0.3 is 11.9 Å². The molecular formula is C24H26ClNO5S. The first kappa shape index (κ1) is 24.0. The summed E-state index contributed by atoms with van der Waals surface area (Å²) in [5.41, 5.74) is 1.77. The van der Waals surface area contributed by atoms with Crippen LogP contribution in [0.2, 0.25) is 5.02 Å². The van der Waals surface area contributed by atoms with Gasteiger partial charge in [0.25, 0.3) is 0 Å². The summed E-state index contributed by atoms with van der Waals surface area (Å²) in [6, 6.07) is 11.0. The molecule has 1 heterocycles. The maximum absolute atomic E-state index is 11.8. The second-order valence-electron chi connectivity index (χ2n) is 8.12. The van der Waals surface area contributed by atoms with Crippen molar-refractivity contribution in [2.45, 2.75) is 45.4 Å². The number of rotatable bonds is 11. The Morgan fingerprint density at radius 3 is 2.53 bits per heavy atom. The fraction of sp³-hybridized carbons (Fsp3) is 0.333. The molecule has 3 rings (SSSR count). The first-order chi connectivity index (χ1) is 15.2. The Balaban J connectivity index is 1.69. The summed E-state index contributed by atoms with van der Waals surface area (Å²) in [6.45, 7) is 4.16. The molecule has 170 valence electrons. The highest BCUT2D eigenvalue weighted by Crippen LogP contribution is 2.29. The number of fused-ring (bicyclic) bond motifs is 1. The van der Waals surface area contributed by atoms with Crippen LogP contribution < -0.4 is 10.1 Å². The lowest BCUT2D eigenvalue weighted by Crippen LogP contribution is -2.48. The minimum atomic E-state index is -1.09. The average molecular weight is 476 g/mol. The number of thiophene rings is 1. The minimum Gasteiger partial charge on any atom is -0.489 e. The number of benzene rings is 2. The fourth-order valence-corrected chi connectivity index (χ4v) is 4.60. The van der Waals surface area contributed by atoms with Gasteiger partial charge in [0.05, 0.1) is 0 Å². The topological polar surface area (TPSA) is 95.9 Å². The Bertz CT molecular complexity index is 1100. The number of halogens is 1. The van der Waals surface area contributed by atoms with Gasteiger partial charge in [-0.3, -0.25) is 14.9 Å². The van der Waals surface area contributed by atoms with E-state index in [0.29, 0.717) is 23.8 Å². The van der Waals surface area contributed by atoms with Crippen molar-refractivity contribution in [2.75, 3.05) is 0 Å². The molecule has 0 aliphatic carbocycles. The Labute approximate surface area is 195 Å². The molecule has 0 fully saturated rings. The SMILES string of the molecule is CC(C)CC(NC(Cc1cccc(OCc2csc3ccc(Cl)cc23)c1)C(=O)O)C(=O)O. The lowest BCUT2D eigenvalue weighted by Gasteiger charge is -2.22. The van der Waals surface area contributed by atoms with Crippen molar-refractivity contribution in [1.82, 2.24) is 5.32 Å². The summed E-state index contributed by atoms with van der Waals surface area (Å²) in [5.74, 6) is -1.40. The van der Waals surface area contributed by atoms with Gasteiger partial charge in [0.2, 0.25) is 0 Å². The van der Waals surface area contributed by atoms with E-state index >= 15 is 0 Å². The van der Waals surface area contributed by atoms with Gasteiger partial charge in [-0.2, -0.15) is 0 Å². The molecule has 0 spiro atoms. The maximum atomic E-state index is 11.8. The molecule has 2 aromatic carbocycles. The van der Waals surface area contributed by atoms with Crippen LogP contribution in [-0.2, 0) is 22.6 Å². The van der Waals surface area contributed by atoms with Gasteiger partial charge in [0.1, 0.15) is 24.4 Å². The van der Waals surface area contributed by atoms with Crippen molar-refractivity contribution in [3.63, 3.8) is 0 Å². The van der Waals surface area contributed by atoms with Gasteiger partial charge in [-0.05, 0) is 60.0 Å². The number of ether oxygens (including phenoxy) is 1. The second kappa shape index (κ2) is 10.8. The molecule has 32 heavy (non-hydrogen) atoms. The van der Waals surface area contributed by atoms with Crippen LogP contribution in [0.1, 0.15) is 31.4 Å². The molecule has 0 saturated heterocycles. The number of carbonyl (C=O) groups is 2. The Hall–Kier alpha value is -2.61. The Morgan fingerprint density at radius 2 is 1.84 bits per heavy atom. The van der Waals surface area contributed by atoms with Gasteiger partial charge < -0.3 is 14.9 Å². The predicted molar refractivity (Wildman–Crippen MR) is 127 cm³/mol. The third-order valence-corrected chi connectivity index (χ3v) is 6.30. The molecule has 6 nitrogen and oxygen atoms in total. The van der Waals surface area contributed by atoms with E-state index < -0.39 is 24.0 Å². The smallest absolute Gasteiger partial charge is 0.321 e. The number of hydrogen-bond donors (Lipinski definition) is 3. The van der Waals surface area contributed by atoms with E-state index in [4.69, 9.17) is 16.3 Å².